The zero-order valence-corrected chi connectivity index (χ0v) is 11.7. The summed E-state index contributed by atoms with van der Waals surface area (Å²) in [6, 6.07) is 6.39. The summed E-state index contributed by atoms with van der Waals surface area (Å²) < 4.78 is 0. The molecule has 100 valence electrons. The van der Waals surface area contributed by atoms with E-state index in [1.54, 1.807) is 0 Å². The highest BCUT2D eigenvalue weighted by Crippen LogP contribution is 2.12. The van der Waals surface area contributed by atoms with E-state index in [4.69, 9.17) is 0 Å². The topological polar surface area (TPSA) is 41.1 Å². The zero-order chi connectivity index (χ0) is 13.4. The standard InChI is InChI=1S/C15H24N2O/c1-4-16-9-10-17-15(18)8-7-14-6-5-12(2)11-13(14)3/h5-6,11,16H,4,7-10H2,1-3H3,(H,17,18). The first-order valence-corrected chi connectivity index (χ1v) is 6.67. The van der Waals surface area contributed by atoms with Crippen molar-refractivity contribution >= 4 is 5.91 Å². The van der Waals surface area contributed by atoms with E-state index in [2.05, 4.69) is 49.6 Å². The van der Waals surface area contributed by atoms with E-state index < -0.39 is 0 Å². The zero-order valence-electron chi connectivity index (χ0n) is 11.7. The van der Waals surface area contributed by atoms with Crippen LogP contribution in [0.5, 0.6) is 0 Å². The number of amides is 1. The van der Waals surface area contributed by atoms with E-state index in [9.17, 15) is 4.79 Å². The van der Waals surface area contributed by atoms with Crippen molar-refractivity contribution in [3.63, 3.8) is 0 Å². The summed E-state index contributed by atoms with van der Waals surface area (Å²) in [5.41, 5.74) is 3.81. The number of aryl methyl sites for hydroxylation is 3. The van der Waals surface area contributed by atoms with Gasteiger partial charge in [-0.05, 0) is 37.9 Å². The molecule has 1 amide bonds. The summed E-state index contributed by atoms with van der Waals surface area (Å²) in [5.74, 6) is 0.132. The SMILES string of the molecule is CCNCCNC(=O)CCc1ccc(C)cc1C. The minimum absolute atomic E-state index is 0.132. The second-order valence-corrected chi connectivity index (χ2v) is 4.63. The molecule has 0 fully saturated rings. The smallest absolute Gasteiger partial charge is 0.220 e. The summed E-state index contributed by atoms with van der Waals surface area (Å²) >= 11 is 0. The molecule has 18 heavy (non-hydrogen) atoms. The number of hydrogen-bond donors (Lipinski definition) is 2. The summed E-state index contributed by atoms with van der Waals surface area (Å²) in [7, 11) is 0. The number of nitrogens with one attached hydrogen (secondary N) is 2. The maximum atomic E-state index is 11.6. The van der Waals surface area contributed by atoms with Crippen LogP contribution in [0.2, 0.25) is 0 Å². The Morgan fingerprint density at radius 1 is 1.22 bits per heavy atom. The van der Waals surface area contributed by atoms with Gasteiger partial charge in [0.2, 0.25) is 5.91 Å². The van der Waals surface area contributed by atoms with E-state index >= 15 is 0 Å². The molecule has 0 saturated heterocycles. The molecule has 0 aromatic heterocycles. The van der Waals surface area contributed by atoms with Gasteiger partial charge in [0, 0.05) is 19.5 Å². The Labute approximate surface area is 110 Å². The van der Waals surface area contributed by atoms with Crippen molar-refractivity contribution in [1.29, 1.82) is 0 Å². The predicted octanol–water partition coefficient (Wildman–Crippen LogP) is 1.96. The number of carbonyl (C=O) groups excluding carboxylic acids is 1. The van der Waals surface area contributed by atoms with Crippen LogP contribution in [-0.2, 0) is 11.2 Å². The maximum absolute atomic E-state index is 11.6. The lowest BCUT2D eigenvalue weighted by Gasteiger charge is -2.08. The number of rotatable bonds is 7. The molecular formula is C15H24N2O. The highest BCUT2D eigenvalue weighted by atomic mass is 16.1. The van der Waals surface area contributed by atoms with Gasteiger partial charge in [0.15, 0.2) is 0 Å². The monoisotopic (exact) mass is 248 g/mol. The molecule has 0 radical (unpaired) electrons. The molecule has 0 heterocycles. The molecule has 0 spiro atoms. The fourth-order valence-electron chi connectivity index (χ4n) is 1.93. The van der Waals surface area contributed by atoms with E-state index in [0.29, 0.717) is 13.0 Å². The molecule has 1 aromatic carbocycles. The van der Waals surface area contributed by atoms with Gasteiger partial charge >= 0.3 is 0 Å². The van der Waals surface area contributed by atoms with Crippen molar-refractivity contribution in [1.82, 2.24) is 10.6 Å². The number of likely N-dealkylation sites (N-methyl/N-ethyl adjacent to an activating group) is 1. The third kappa shape index (κ3) is 5.32. The van der Waals surface area contributed by atoms with Crippen molar-refractivity contribution in [3.8, 4) is 0 Å². The maximum Gasteiger partial charge on any atom is 0.220 e. The van der Waals surface area contributed by atoms with Crippen LogP contribution >= 0.6 is 0 Å². The average molecular weight is 248 g/mol. The first kappa shape index (κ1) is 14.7. The summed E-state index contributed by atoms with van der Waals surface area (Å²) in [4.78, 5) is 11.6. The number of hydrogen-bond acceptors (Lipinski definition) is 2. The molecule has 0 saturated carbocycles. The minimum Gasteiger partial charge on any atom is -0.355 e. The molecule has 1 rings (SSSR count). The largest absolute Gasteiger partial charge is 0.355 e. The fourth-order valence-corrected chi connectivity index (χ4v) is 1.93. The van der Waals surface area contributed by atoms with Gasteiger partial charge in [-0.25, -0.2) is 0 Å². The third-order valence-electron chi connectivity index (χ3n) is 2.99. The van der Waals surface area contributed by atoms with Gasteiger partial charge in [0.1, 0.15) is 0 Å². The average Bonchev–Trinajstić information content (AvgIpc) is 2.33. The molecule has 0 bridgehead atoms. The van der Waals surface area contributed by atoms with Crippen LogP contribution in [0, 0.1) is 13.8 Å². The molecule has 0 unspecified atom stereocenters. The van der Waals surface area contributed by atoms with Crippen molar-refractivity contribution < 1.29 is 4.79 Å². The second-order valence-electron chi connectivity index (χ2n) is 4.63. The highest BCUT2D eigenvalue weighted by Gasteiger charge is 2.03. The van der Waals surface area contributed by atoms with Gasteiger partial charge < -0.3 is 10.6 Å². The lowest BCUT2D eigenvalue weighted by Crippen LogP contribution is -2.31. The minimum atomic E-state index is 0.132. The lowest BCUT2D eigenvalue weighted by atomic mass is 10.0. The second kappa shape index (κ2) is 7.88. The van der Waals surface area contributed by atoms with E-state index in [1.807, 2.05) is 0 Å². The Balaban J connectivity index is 2.29. The van der Waals surface area contributed by atoms with Crippen LogP contribution < -0.4 is 10.6 Å². The van der Waals surface area contributed by atoms with Gasteiger partial charge in [-0.3, -0.25) is 4.79 Å². The first-order valence-electron chi connectivity index (χ1n) is 6.67. The third-order valence-corrected chi connectivity index (χ3v) is 2.99. The molecule has 3 nitrogen and oxygen atoms in total. The van der Waals surface area contributed by atoms with Crippen LogP contribution in [0.3, 0.4) is 0 Å². The van der Waals surface area contributed by atoms with Crippen LogP contribution in [0.1, 0.15) is 30.0 Å². The van der Waals surface area contributed by atoms with Gasteiger partial charge in [0.25, 0.3) is 0 Å². The van der Waals surface area contributed by atoms with Crippen LogP contribution in [0.4, 0.5) is 0 Å². The molecule has 3 heteroatoms. The molecule has 0 aliphatic rings. The highest BCUT2D eigenvalue weighted by molar-refractivity contribution is 5.76. The van der Waals surface area contributed by atoms with Gasteiger partial charge in [-0.2, -0.15) is 0 Å². The van der Waals surface area contributed by atoms with E-state index in [0.717, 1.165) is 19.5 Å². The predicted molar refractivity (Wildman–Crippen MR) is 75.8 cm³/mol. The summed E-state index contributed by atoms with van der Waals surface area (Å²) in [6.07, 6.45) is 1.38. The normalized spacial score (nSPS) is 10.4. The Morgan fingerprint density at radius 3 is 2.67 bits per heavy atom. The molecule has 1 aromatic rings. The van der Waals surface area contributed by atoms with Gasteiger partial charge in [0.05, 0.1) is 0 Å². The lowest BCUT2D eigenvalue weighted by molar-refractivity contribution is -0.121. The van der Waals surface area contributed by atoms with Crippen LogP contribution in [0.15, 0.2) is 18.2 Å². The van der Waals surface area contributed by atoms with Crippen molar-refractivity contribution in [2.24, 2.45) is 0 Å². The number of benzene rings is 1. The first-order chi connectivity index (χ1) is 8.63. The van der Waals surface area contributed by atoms with Crippen molar-refractivity contribution in [2.45, 2.75) is 33.6 Å². The molecule has 2 N–H and O–H groups in total. The Kier molecular flexibility index (Phi) is 6.44. The summed E-state index contributed by atoms with van der Waals surface area (Å²) in [5, 5.41) is 6.10. The van der Waals surface area contributed by atoms with Crippen LogP contribution in [0.25, 0.3) is 0 Å². The van der Waals surface area contributed by atoms with Gasteiger partial charge in [-0.1, -0.05) is 30.7 Å². The fraction of sp³-hybridized carbons (Fsp3) is 0.533. The van der Waals surface area contributed by atoms with Crippen LogP contribution in [-0.4, -0.2) is 25.5 Å². The molecule has 0 aliphatic carbocycles. The van der Waals surface area contributed by atoms with Crippen molar-refractivity contribution in [3.05, 3.63) is 34.9 Å². The van der Waals surface area contributed by atoms with E-state index in [-0.39, 0.29) is 5.91 Å². The molecular weight excluding hydrogens is 224 g/mol. The Hall–Kier alpha value is -1.35. The van der Waals surface area contributed by atoms with E-state index in [1.165, 1.54) is 16.7 Å². The molecule has 0 aliphatic heterocycles. The summed E-state index contributed by atoms with van der Waals surface area (Å²) in [6.45, 7) is 8.74. The number of carbonyl (C=O) groups is 1. The Morgan fingerprint density at radius 2 is 2.00 bits per heavy atom. The Bertz CT molecular complexity index is 388. The quantitative estimate of drug-likeness (QED) is 0.724. The van der Waals surface area contributed by atoms with Crippen molar-refractivity contribution in [2.75, 3.05) is 19.6 Å². The molecule has 0 atom stereocenters. The van der Waals surface area contributed by atoms with Gasteiger partial charge in [-0.15, -0.1) is 0 Å².